The predicted molar refractivity (Wildman–Crippen MR) is 228 cm³/mol. The summed E-state index contributed by atoms with van der Waals surface area (Å²) in [6.45, 7) is 15.1. The molecule has 0 N–H and O–H groups in total. The number of benzene rings is 5. The average molecular weight is 686 g/mol. The first kappa shape index (κ1) is 32.9. The van der Waals surface area contributed by atoms with E-state index in [0.29, 0.717) is 12.0 Å². The summed E-state index contributed by atoms with van der Waals surface area (Å²) in [6, 6.07) is 42.9. The fourth-order valence-electron chi connectivity index (χ4n) is 9.47. The van der Waals surface area contributed by atoms with E-state index in [-0.39, 0.29) is 6.71 Å². The number of hydrogen-bond donors (Lipinski definition) is 0. The van der Waals surface area contributed by atoms with Crippen LogP contribution in [0.2, 0.25) is 0 Å². The maximum Gasteiger partial charge on any atom is 0.251 e. The number of nitrogens with zero attached hydrogens (tertiary/aromatic N) is 3. The molecule has 0 saturated carbocycles. The molecular formula is C49H44BN3. The zero-order valence-electron chi connectivity index (χ0n) is 30.8. The Kier molecular flexibility index (Phi) is 8.19. The molecule has 5 aromatic rings. The van der Waals surface area contributed by atoms with Gasteiger partial charge in [-0.2, -0.15) is 0 Å². The van der Waals surface area contributed by atoms with E-state index in [2.05, 4.69) is 188 Å². The number of anilines is 6. The molecule has 0 radical (unpaired) electrons. The van der Waals surface area contributed by atoms with E-state index >= 15 is 0 Å². The molecule has 9 rings (SSSR count). The van der Waals surface area contributed by atoms with Crippen LogP contribution < -0.4 is 25.6 Å². The zero-order valence-corrected chi connectivity index (χ0v) is 30.8. The molecule has 258 valence electrons. The van der Waals surface area contributed by atoms with E-state index in [1.54, 1.807) is 0 Å². The minimum absolute atomic E-state index is 0.142. The monoisotopic (exact) mass is 685 g/mol. The Balaban J connectivity index is 1.21. The number of allylic oxidation sites excluding steroid dienone is 7. The van der Waals surface area contributed by atoms with E-state index in [0.717, 1.165) is 23.5 Å². The molecule has 0 spiro atoms. The van der Waals surface area contributed by atoms with Gasteiger partial charge in [-0.15, -0.1) is 0 Å². The molecule has 0 bridgehead atoms. The summed E-state index contributed by atoms with van der Waals surface area (Å²) in [5, 5.41) is 0. The highest BCUT2D eigenvalue weighted by atomic mass is 15.2. The molecule has 4 aliphatic rings. The fraction of sp³-hybridized carbons (Fsp3) is 0.143. The van der Waals surface area contributed by atoms with E-state index in [4.69, 9.17) is 0 Å². The SMILES string of the molecule is C=C/C=C\C(=C/C)N(c1ccccc1)c1ccc(-c2ccc3c(c2)N(c2ccccc2)c2ccc4c5c2B3/C(=C/C)C2=C(C=C)C(C)C(CC4)N25)cc1. The van der Waals surface area contributed by atoms with Crippen LogP contribution in [0.1, 0.15) is 32.8 Å². The number of fused-ring (bicyclic) bond motifs is 2. The predicted octanol–water partition coefficient (Wildman–Crippen LogP) is 11.2. The van der Waals surface area contributed by atoms with E-state index in [9.17, 15) is 0 Å². The maximum absolute atomic E-state index is 4.35. The summed E-state index contributed by atoms with van der Waals surface area (Å²) in [5.74, 6) is 0.441. The van der Waals surface area contributed by atoms with Crippen LogP contribution >= 0.6 is 0 Å². The second kappa shape index (κ2) is 13.2. The molecule has 4 heteroatoms. The minimum atomic E-state index is 0.142. The molecule has 2 atom stereocenters. The molecule has 4 heterocycles. The molecule has 53 heavy (non-hydrogen) atoms. The van der Waals surface area contributed by atoms with Crippen molar-refractivity contribution < 1.29 is 0 Å². The number of aryl methyl sites for hydroxylation is 1. The number of para-hydroxylation sites is 2. The van der Waals surface area contributed by atoms with Crippen LogP contribution in [0.3, 0.4) is 0 Å². The number of hydrogen-bond acceptors (Lipinski definition) is 3. The van der Waals surface area contributed by atoms with Gasteiger partial charge in [0, 0.05) is 57.5 Å². The highest BCUT2D eigenvalue weighted by molar-refractivity contribution is 6.96. The highest BCUT2D eigenvalue weighted by Crippen LogP contribution is 2.53. The van der Waals surface area contributed by atoms with Gasteiger partial charge in [0.05, 0.1) is 0 Å². The Morgan fingerprint density at radius 3 is 2.23 bits per heavy atom. The van der Waals surface area contributed by atoms with Crippen molar-refractivity contribution in [1.82, 2.24) is 0 Å². The van der Waals surface area contributed by atoms with Gasteiger partial charge in [0.15, 0.2) is 0 Å². The lowest BCUT2D eigenvalue weighted by Gasteiger charge is -2.48. The second-order valence-electron chi connectivity index (χ2n) is 14.4. The summed E-state index contributed by atoms with van der Waals surface area (Å²) >= 11 is 0. The first-order valence-corrected chi connectivity index (χ1v) is 19.0. The van der Waals surface area contributed by atoms with Crippen LogP contribution in [0.25, 0.3) is 11.1 Å². The van der Waals surface area contributed by atoms with Crippen LogP contribution in [0.5, 0.6) is 0 Å². The van der Waals surface area contributed by atoms with Gasteiger partial charge in [0.1, 0.15) is 0 Å². The topological polar surface area (TPSA) is 9.72 Å². The van der Waals surface area contributed by atoms with E-state index < -0.39 is 0 Å². The third-order valence-electron chi connectivity index (χ3n) is 11.8. The lowest BCUT2D eigenvalue weighted by Crippen LogP contribution is -2.59. The van der Waals surface area contributed by atoms with Crippen LogP contribution in [0.4, 0.5) is 34.1 Å². The Bertz CT molecular complexity index is 2380. The van der Waals surface area contributed by atoms with Gasteiger partial charge in [0.25, 0.3) is 6.71 Å². The molecule has 0 aliphatic carbocycles. The molecule has 0 aromatic heterocycles. The van der Waals surface area contributed by atoms with Gasteiger partial charge in [-0.3, -0.25) is 0 Å². The van der Waals surface area contributed by atoms with Crippen LogP contribution in [-0.4, -0.2) is 12.8 Å². The van der Waals surface area contributed by atoms with Gasteiger partial charge in [-0.1, -0.05) is 117 Å². The molecular weight excluding hydrogens is 641 g/mol. The van der Waals surface area contributed by atoms with E-state index in [1.807, 2.05) is 12.2 Å². The van der Waals surface area contributed by atoms with Crippen LogP contribution in [0, 0.1) is 5.92 Å². The molecule has 0 fully saturated rings. The molecule has 3 nitrogen and oxygen atoms in total. The van der Waals surface area contributed by atoms with Crippen molar-refractivity contribution in [3.8, 4) is 11.1 Å². The Morgan fingerprint density at radius 1 is 0.811 bits per heavy atom. The Hall–Kier alpha value is -6.00. The minimum Gasteiger partial charge on any atom is -0.338 e. The smallest absolute Gasteiger partial charge is 0.251 e. The third kappa shape index (κ3) is 5.04. The second-order valence-corrected chi connectivity index (χ2v) is 14.4. The summed E-state index contributed by atoms with van der Waals surface area (Å²) in [5.41, 5.74) is 19.2. The summed E-state index contributed by atoms with van der Waals surface area (Å²) in [7, 11) is 0. The quantitative estimate of drug-likeness (QED) is 0.119. The van der Waals surface area contributed by atoms with Crippen LogP contribution in [0.15, 0.2) is 187 Å². The molecule has 0 saturated heterocycles. The maximum atomic E-state index is 4.35. The van der Waals surface area contributed by atoms with Gasteiger partial charge in [0.2, 0.25) is 0 Å². The summed E-state index contributed by atoms with van der Waals surface area (Å²) in [4.78, 5) is 7.51. The highest BCUT2D eigenvalue weighted by Gasteiger charge is 2.52. The zero-order chi connectivity index (χ0) is 36.2. The Morgan fingerprint density at radius 2 is 1.53 bits per heavy atom. The van der Waals surface area contributed by atoms with Gasteiger partial charge < -0.3 is 14.7 Å². The lowest BCUT2D eigenvalue weighted by molar-refractivity contribution is 0.492. The van der Waals surface area contributed by atoms with Gasteiger partial charge in [-0.05, 0) is 120 Å². The normalized spacial score (nSPS) is 19.1. The number of rotatable bonds is 8. The first-order valence-electron chi connectivity index (χ1n) is 19.0. The molecule has 2 unspecified atom stereocenters. The van der Waals surface area contributed by atoms with Gasteiger partial charge >= 0.3 is 0 Å². The van der Waals surface area contributed by atoms with E-state index in [1.165, 1.54) is 73.5 Å². The first-order chi connectivity index (χ1) is 26.1. The molecule has 4 aliphatic heterocycles. The summed E-state index contributed by atoms with van der Waals surface area (Å²) in [6.07, 6.45) is 14.8. The van der Waals surface area contributed by atoms with Gasteiger partial charge in [-0.25, -0.2) is 0 Å². The summed E-state index contributed by atoms with van der Waals surface area (Å²) < 4.78 is 0. The third-order valence-corrected chi connectivity index (χ3v) is 11.8. The lowest BCUT2D eigenvalue weighted by atomic mass is 9.32. The van der Waals surface area contributed by atoms with Crippen molar-refractivity contribution >= 4 is 51.8 Å². The molecule has 0 amide bonds. The standard InChI is InChI=1S/C49H44BN3/c1-6-10-17-37(7-2)51(38-18-13-11-14-19-38)40-27-22-34(23-28-40)36-24-29-43-46(32-36)52(39-20-15-12-16-21-39)45-31-26-35-25-30-44-33(5)41(8-3)49-42(9-4)50(43)47(45)48(35)53(44)49/h6-24,26-29,31-33,44H,1,3,25,30H2,2,4-5H3/b17-10-,37-7+,42-9+. The van der Waals surface area contributed by atoms with Crippen molar-refractivity contribution in [2.75, 3.05) is 14.7 Å². The van der Waals surface area contributed by atoms with Crippen molar-refractivity contribution in [2.45, 2.75) is 39.7 Å². The van der Waals surface area contributed by atoms with Crippen molar-refractivity contribution in [1.29, 1.82) is 0 Å². The van der Waals surface area contributed by atoms with Crippen molar-refractivity contribution in [3.05, 3.63) is 193 Å². The Labute approximate surface area is 315 Å². The fourth-order valence-corrected chi connectivity index (χ4v) is 9.47. The largest absolute Gasteiger partial charge is 0.338 e. The average Bonchev–Trinajstić information content (AvgIpc) is 3.51. The molecule has 5 aromatic carbocycles. The van der Waals surface area contributed by atoms with Crippen molar-refractivity contribution in [2.24, 2.45) is 5.92 Å². The van der Waals surface area contributed by atoms with Crippen LogP contribution in [-0.2, 0) is 6.42 Å². The van der Waals surface area contributed by atoms with Crippen molar-refractivity contribution in [3.63, 3.8) is 0 Å².